The van der Waals surface area contributed by atoms with Gasteiger partial charge in [0.1, 0.15) is 5.75 Å². The second kappa shape index (κ2) is 5.14. The van der Waals surface area contributed by atoms with Crippen molar-refractivity contribution in [3.05, 3.63) is 40.8 Å². The number of hydrogen-bond donors (Lipinski definition) is 2. The maximum atomic E-state index is 11.8. The summed E-state index contributed by atoms with van der Waals surface area (Å²) in [4.78, 5) is 11.8. The van der Waals surface area contributed by atoms with Gasteiger partial charge >= 0.3 is 0 Å². The standard InChI is InChI=1S/C12H11BrN2O3/c1-17-7-2-3-9(8(14)6-7)15-12(16)10-4-5-11(13)18-10/h2-6H,14H2,1H3,(H,15,16). The third-order valence-electron chi connectivity index (χ3n) is 2.30. The van der Waals surface area contributed by atoms with Gasteiger partial charge in [0.15, 0.2) is 10.4 Å². The van der Waals surface area contributed by atoms with Crippen molar-refractivity contribution >= 4 is 33.2 Å². The molecule has 0 fully saturated rings. The van der Waals surface area contributed by atoms with Gasteiger partial charge in [-0.1, -0.05) is 0 Å². The lowest BCUT2D eigenvalue weighted by atomic mass is 10.2. The molecule has 2 rings (SSSR count). The second-order valence-corrected chi connectivity index (χ2v) is 4.29. The quantitative estimate of drug-likeness (QED) is 0.855. The molecule has 0 aliphatic rings. The molecule has 5 nitrogen and oxygen atoms in total. The number of carbonyl (C=O) groups excluding carboxylic acids is 1. The minimum absolute atomic E-state index is 0.206. The van der Waals surface area contributed by atoms with E-state index in [-0.39, 0.29) is 11.7 Å². The number of halogens is 1. The van der Waals surface area contributed by atoms with E-state index in [9.17, 15) is 4.79 Å². The van der Waals surface area contributed by atoms with Crippen LogP contribution in [0.3, 0.4) is 0 Å². The van der Waals surface area contributed by atoms with Crippen LogP contribution in [0.4, 0.5) is 11.4 Å². The van der Waals surface area contributed by atoms with Gasteiger partial charge in [0.2, 0.25) is 0 Å². The molecule has 0 saturated heterocycles. The van der Waals surface area contributed by atoms with Gasteiger partial charge in [-0.2, -0.15) is 0 Å². The van der Waals surface area contributed by atoms with Gasteiger partial charge in [-0.3, -0.25) is 4.79 Å². The largest absolute Gasteiger partial charge is 0.497 e. The van der Waals surface area contributed by atoms with Crippen LogP contribution in [0.1, 0.15) is 10.6 Å². The molecular formula is C12H11BrN2O3. The number of hydrogen-bond acceptors (Lipinski definition) is 4. The first kappa shape index (κ1) is 12.5. The van der Waals surface area contributed by atoms with E-state index >= 15 is 0 Å². The molecule has 0 atom stereocenters. The summed E-state index contributed by atoms with van der Waals surface area (Å²) in [6, 6.07) is 8.23. The molecule has 1 aromatic carbocycles. The Morgan fingerprint density at radius 1 is 1.39 bits per heavy atom. The van der Waals surface area contributed by atoms with Crippen LogP contribution in [0.15, 0.2) is 39.4 Å². The zero-order valence-corrected chi connectivity index (χ0v) is 11.2. The Kier molecular flexibility index (Phi) is 3.57. The van der Waals surface area contributed by atoms with Gasteiger partial charge in [0, 0.05) is 6.07 Å². The number of ether oxygens (including phenoxy) is 1. The first-order valence-electron chi connectivity index (χ1n) is 5.10. The van der Waals surface area contributed by atoms with E-state index in [1.807, 2.05) is 0 Å². The fraction of sp³-hybridized carbons (Fsp3) is 0.0833. The van der Waals surface area contributed by atoms with E-state index in [2.05, 4.69) is 21.2 Å². The molecule has 0 aliphatic heterocycles. The van der Waals surface area contributed by atoms with E-state index in [4.69, 9.17) is 14.9 Å². The van der Waals surface area contributed by atoms with Gasteiger partial charge in [-0.15, -0.1) is 0 Å². The maximum absolute atomic E-state index is 11.8. The Balaban J connectivity index is 2.16. The number of furan rings is 1. The molecule has 0 bridgehead atoms. The molecule has 0 unspecified atom stereocenters. The number of benzene rings is 1. The highest BCUT2D eigenvalue weighted by Gasteiger charge is 2.12. The van der Waals surface area contributed by atoms with Crippen molar-refractivity contribution in [2.75, 3.05) is 18.2 Å². The summed E-state index contributed by atoms with van der Waals surface area (Å²) in [6.45, 7) is 0. The summed E-state index contributed by atoms with van der Waals surface area (Å²) >= 11 is 3.13. The summed E-state index contributed by atoms with van der Waals surface area (Å²) in [7, 11) is 1.55. The summed E-state index contributed by atoms with van der Waals surface area (Å²) in [6.07, 6.45) is 0. The SMILES string of the molecule is COc1ccc(NC(=O)c2ccc(Br)o2)c(N)c1. The van der Waals surface area contributed by atoms with Crippen LogP contribution < -0.4 is 15.8 Å². The van der Waals surface area contributed by atoms with E-state index in [1.165, 1.54) is 0 Å². The van der Waals surface area contributed by atoms with Gasteiger partial charge in [-0.25, -0.2) is 0 Å². The average Bonchev–Trinajstić information content (AvgIpc) is 2.78. The van der Waals surface area contributed by atoms with Crippen LogP contribution in [0.2, 0.25) is 0 Å². The average molecular weight is 311 g/mol. The smallest absolute Gasteiger partial charge is 0.291 e. The van der Waals surface area contributed by atoms with Crippen LogP contribution in [0.5, 0.6) is 5.75 Å². The fourth-order valence-corrected chi connectivity index (χ4v) is 1.71. The highest BCUT2D eigenvalue weighted by atomic mass is 79.9. The molecule has 18 heavy (non-hydrogen) atoms. The highest BCUT2D eigenvalue weighted by molar-refractivity contribution is 9.10. The van der Waals surface area contributed by atoms with Crippen LogP contribution in [-0.2, 0) is 0 Å². The molecule has 1 amide bonds. The third-order valence-corrected chi connectivity index (χ3v) is 2.73. The number of methoxy groups -OCH3 is 1. The molecule has 6 heteroatoms. The number of nitrogens with two attached hydrogens (primary N) is 1. The zero-order valence-electron chi connectivity index (χ0n) is 9.57. The fourth-order valence-electron chi connectivity index (χ4n) is 1.40. The summed E-state index contributed by atoms with van der Waals surface area (Å²) in [5.41, 5.74) is 6.73. The van der Waals surface area contributed by atoms with Crippen molar-refractivity contribution in [1.29, 1.82) is 0 Å². The topological polar surface area (TPSA) is 77.5 Å². The molecule has 0 aliphatic carbocycles. The Labute approximate surface area is 112 Å². The van der Waals surface area contributed by atoms with Gasteiger partial charge in [0.25, 0.3) is 5.91 Å². The van der Waals surface area contributed by atoms with Crippen LogP contribution in [0, 0.1) is 0 Å². The van der Waals surface area contributed by atoms with Crippen molar-refractivity contribution in [3.8, 4) is 5.75 Å². The first-order valence-corrected chi connectivity index (χ1v) is 5.89. The normalized spacial score (nSPS) is 10.1. The molecule has 0 saturated carbocycles. The lowest BCUT2D eigenvalue weighted by molar-refractivity contribution is 0.0995. The van der Waals surface area contributed by atoms with Crippen molar-refractivity contribution in [1.82, 2.24) is 0 Å². The van der Waals surface area contributed by atoms with Crippen LogP contribution >= 0.6 is 15.9 Å². The molecule has 94 valence electrons. The summed E-state index contributed by atoms with van der Waals surface area (Å²) in [5, 5.41) is 2.66. The van der Waals surface area contributed by atoms with E-state index in [1.54, 1.807) is 37.4 Å². The molecule has 2 aromatic rings. The molecule has 1 aromatic heterocycles. The summed E-state index contributed by atoms with van der Waals surface area (Å²) < 4.78 is 10.7. The van der Waals surface area contributed by atoms with E-state index in [0.717, 1.165) is 0 Å². The maximum Gasteiger partial charge on any atom is 0.291 e. The monoisotopic (exact) mass is 310 g/mol. The van der Waals surface area contributed by atoms with Crippen molar-refractivity contribution in [2.24, 2.45) is 0 Å². The first-order chi connectivity index (χ1) is 8.60. The van der Waals surface area contributed by atoms with E-state index < -0.39 is 0 Å². The molecule has 3 N–H and O–H groups in total. The Morgan fingerprint density at radius 2 is 2.17 bits per heavy atom. The molecule has 1 heterocycles. The predicted octanol–water partition coefficient (Wildman–Crippen LogP) is 2.89. The van der Waals surface area contributed by atoms with E-state index in [0.29, 0.717) is 21.8 Å². The minimum Gasteiger partial charge on any atom is -0.497 e. The summed E-state index contributed by atoms with van der Waals surface area (Å²) in [5.74, 6) is 0.473. The van der Waals surface area contributed by atoms with Crippen LogP contribution in [0.25, 0.3) is 0 Å². The number of nitrogens with one attached hydrogen (secondary N) is 1. The van der Waals surface area contributed by atoms with Gasteiger partial charge in [0.05, 0.1) is 18.5 Å². The van der Waals surface area contributed by atoms with Gasteiger partial charge < -0.3 is 20.2 Å². The lowest BCUT2D eigenvalue weighted by Gasteiger charge is -2.08. The highest BCUT2D eigenvalue weighted by Crippen LogP contribution is 2.25. The molecule has 0 spiro atoms. The van der Waals surface area contributed by atoms with Crippen molar-refractivity contribution < 1.29 is 13.9 Å². The van der Waals surface area contributed by atoms with Crippen molar-refractivity contribution in [2.45, 2.75) is 0 Å². The number of amides is 1. The zero-order chi connectivity index (χ0) is 13.1. The number of carbonyl (C=O) groups is 1. The minimum atomic E-state index is -0.363. The Morgan fingerprint density at radius 3 is 2.72 bits per heavy atom. The lowest BCUT2D eigenvalue weighted by Crippen LogP contribution is -2.12. The Hall–Kier alpha value is -1.95. The number of nitrogen functional groups attached to an aromatic ring is 1. The molecular weight excluding hydrogens is 300 g/mol. The van der Waals surface area contributed by atoms with Gasteiger partial charge in [-0.05, 0) is 40.2 Å². The van der Waals surface area contributed by atoms with Crippen LogP contribution in [-0.4, -0.2) is 13.0 Å². The Bertz CT molecular complexity index is 580. The molecule has 0 radical (unpaired) electrons. The number of anilines is 2. The van der Waals surface area contributed by atoms with Crippen molar-refractivity contribution in [3.63, 3.8) is 0 Å². The predicted molar refractivity (Wildman–Crippen MR) is 71.8 cm³/mol. The third kappa shape index (κ3) is 2.65. The second-order valence-electron chi connectivity index (χ2n) is 3.51. The number of rotatable bonds is 3.